The summed E-state index contributed by atoms with van der Waals surface area (Å²) in [5.41, 5.74) is 1.22. The first-order chi connectivity index (χ1) is 11.6. The number of nitriles is 1. The molecule has 0 aliphatic carbocycles. The lowest BCUT2D eigenvalue weighted by atomic mass is 10.1. The van der Waals surface area contributed by atoms with Crippen LogP contribution in [0.25, 0.3) is 6.08 Å². The van der Waals surface area contributed by atoms with Crippen molar-refractivity contribution in [2.75, 3.05) is 24.7 Å². The SMILES string of the molecule is CCN(CC)C(=O)[C@H]1CSCN1C(=O)/C=C\c1ccccc1C#N. The Hall–Kier alpha value is -2.26. The molecule has 2 amide bonds. The fourth-order valence-electron chi connectivity index (χ4n) is 2.61. The first-order valence-electron chi connectivity index (χ1n) is 7.96. The van der Waals surface area contributed by atoms with Crippen molar-refractivity contribution in [1.29, 1.82) is 5.26 Å². The molecule has 24 heavy (non-hydrogen) atoms. The number of likely N-dealkylation sites (N-methyl/N-ethyl adjacent to an activating group) is 1. The number of thioether (sulfide) groups is 1. The number of carbonyl (C=O) groups excluding carboxylic acids is 2. The minimum Gasteiger partial charge on any atom is -0.341 e. The maximum atomic E-state index is 12.5. The van der Waals surface area contributed by atoms with E-state index in [1.54, 1.807) is 45.8 Å². The fraction of sp³-hybridized carbons (Fsp3) is 0.389. The van der Waals surface area contributed by atoms with Crippen molar-refractivity contribution in [2.24, 2.45) is 0 Å². The van der Waals surface area contributed by atoms with Gasteiger partial charge in [0.15, 0.2) is 0 Å². The van der Waals surface area contributed by atoms with Gasteiger partial charge in [-0.3, -0.25) is 9.59 Å². The lowest BCUT2D eigenvalue weighted by Gasteiger charge is -2.27. The van der Waals surface area contributed by atoms with Crippen LogP contribution in [0.3, 0.4) is 0 Å². The maximum absolute atomic E-state index is 12.5. The third-order valence-electron chi connectivity index (χ3n) is 4.01. The number of nitrogens with zero attached hydrogens (tertiary/aromatic N) is 3. The van der Waals surface area contributed by atoms with Gasteiger partial charge in [0.1, 0.15) is 6.04 Å². The summed E-state index contributed by atoms with van der Waals surface area (Å²) in [6.07, 6.45) is 3.09. The number of benzene rings is 1. The molecular formula is C18H21N3O2S. The van der Waals surface area contributed by atoms with E-state index in [1.807, 2.05) is 19.9 Å². The smallest absolute Gasteiger partial charge is 0.247 e. The molecule has 0 N–H and O–H groups in total. The molecule has 1 fully saturated rings. The van der Waals surface area contributed by atoms with E-state index in [1.165, 1.54) is 6.08 Å². The maximum Gasteiger partial charge on any atom is 0.247 e. The lowest BCUT2D eigenvalue weighted by Crippen LogP contribution is -2.48. The van der Waals surface area contributed by atoms with Gasteiger partial charge in [-0.05, 0) is 31.6 Å². The summed E-state index contributed by atoms with van der Waals surface area (Å²) >= 11 is 1.59. The molecule has 2 rings (SSSR count). The van der Waals surface area contributed by atoms with Crippen LogP contribution in [-0.4, -0.2) is 52.4 Å². The van der Waals surface area contributed by atoms with Gasteiger partial charge in [-0.1, -0.05) is 18.2 Å². The summed E-state index contributed by atoms with van der Waals surface area (Å²) in [6, 6.07) is 8.81. The highest BCUT2D eigenvalue weighted by Gasteiger charge is 2.35. The molecule has 126 valence electrons. The van der Waals surface area contributed by atoms with Gasteiger partial charge in [0.2, 0.25) is 11.8 Å². The Bertz CT molecular complexity index is 677. The largest absolute Gasteiger partial charge is 0.341 e. The summed E-state index contributed by atoms with van der Waals surface area (Å²) in [7, 11) is 0. The lowest BCUT2D eigenvalue weighted by molar-refractivity contribution is -0.140. The van der Waals surface area contributed by atoms with Crippen molar-refractivity contribution in [3.8, 4) is 6.07 Å². The average molecular weight is 343 g/mol. The van der Waals surface area contributed by atoms with Crippen LogP contribution < -0.4 is 0 Å². The Morgan fingerprint density at radius 3 is 2.75 bits per heavy atom. The van der Waals surface area contributed by atoms with Crippen LogP contribution in [0, 0.1) is 11.3 Å². The van der Waals surface area contributed by atoms with Crippen LogP contribution in [0.15, 0.2) is 30.3 Å². The molecule has 0 bridgehead atoms. The molecule has 6 heteroatoms. The predicted molar refractivity (Wildman–Crippen MR) is 96.1 cm³/mol. The fourth-order valence-corrected chi connectivity index (χ4v) is 3.77. The Kier molecular flexibility index (Phi) is 6.44. The Labute approximate surface area is 146 Å². The normalized spacial score (nSPS) is 17.0. The zero-order chi connectivity index (χ0) is 17.5. The third-order valence-corrected chi connectivity index (χ3v) is 5.02. The predicted octanol–water partition coefficient (Wildman–Crippen LogP) is 2.34. The minimum atomic E-state index is -0.404. The quantitative estimate of drug-likeness (QED) is 0.770. The molecule has 1 aliphatic heterocycles. The highest BCUT2D eigenvalue weighted by molar-refractivity contribution is 7.99. The summed E-state index contributed by atoms with van der Waals surface area (Å²) in [5.74, 6) is 0.951. The van der Waals surface area contributed by atoms with Gasteiger partial charge in [0.05, 0.1) is 17.5 Å². The minimum absolute atomic E-state index is 0.00387. The van der Waals surface area contributed by atoms with Crippen LogP contribution in [0.5, 0.6) is 0 Å². The Morgan fingerprint density at radius 1 is 1.38 bits per heavy atom. The van der Waals surface area contributed by atoms with E-state index in [9.17, 15) is 9.59 Å². The van der Waals surface area contributed by atoms with Crippen molar-refractivity contribution in [3.63, 3.8) is 0 Å². The van der Waals surface area contributed by atoms with Crippen LogP contribution in [0.1, 0.15) is 25.0 Å². The zero-order valence-corrected chi connectivity index (χ0v) is 14.8. The van der Waals surface area contributed by atoms with Gasteiger partial charge in [-0.25, -0.2) is 0 Å². The Balaban J connectivity index is 2.12. The van der Waals surface area contributed by atoms with Gasteiger partial charge in [-0.2, -0.15) is 5.26 Å². The molecule has 1 saturated heterocycles. The second-order valence-electron chi connectivity index (χ2n) is 5.37. The van der Waals surface area contributed by atoms with Crippen LogP contribution in [-0.2, 0) is 9.59 Å². The number of hydrogen-bond acceptors (Lipinski definition) is 4. The van der Waals surface area contributed by atoms with E-state index in [0.29, 0.717) is 35.8 Å². The molecule has 0 saturated carbocycles. The van der Waals surface area contributed by atoms with E-state index in [-0.39, 0.29) is 11.8 Å². The molecule has 1 atom stereocenters. The number of carbonyl (C=O) groups is 2. The van der Waals surface area contributed by atoms with Crippen molar-refractivity contribution in [2.45, 2.75) is 19.9 Å². The third kappa shape index (κ3) is 3.98. The van der Waals surface area contributed by atoms with Crippen molar-refractivity contribution in [1.82, 2.24) is 9.80 Å². The summed E-state index contributed by atoms with van der Waals surface area (Å²) in [6.45, 7) is 5.16. The topological polar surface area (TPSA) is 64.4 Å². The Morgan fingerprint density at radius 2 is 2.08 bits per heavy atom. The number of rotatable bonds is 5. The molecule has 0 radical (unpaired) electrons. The van der Waals surface area contributed by atoms with Gasteiger partial charge in [0, 0.05) is 24.9 Å². The molecule has 1 aliphatic rings. The van der Waals surface area contributed by atoms with E-state index in [2.05, 4.69) is 6.07 Å². The van der Waals surface area contributed by atoms with Gasteiger partial charge in [0.25, 0.3) is 0 Å². The molecular weight excluding hydrogens is 322 g/mol. The number of hydrogen-bond donors (Lipinski definition) is 0. The van der Waals surface area contributed by atoms with Crippen molar-refractivity contribution >= 4 is 29.7 Å². The van der Waals surface area contributed by atoms with Crippen molar-refractivity contribution < 1.29 is 9.59 Å². The standard InChI is InChI=1S/C18H21N3O2S/c1-3-20(4-2)18(23)16-12-24-13-21(16)17(22)10-9-14-7-5-6-8-15(14)11-19/h5-10,16H,3-4,12-13H2,1-2H3/b10-9-/t16-/m1/s1. The molecule has 0 unspecified atom stereocenters. The van der Waals surface area contributed by atoms with E-state index in [0.717, 1.165) is 0 Å². The van der Waals surface area contributed by atoms with Gasteiger partial charge < -0.3 is 9.80 Å². The van der Waals surface area contributed by atoms with Gasteiger partial charge in [-0.15, -0.1) is 11.8 Å². The van der Waals surface area contributed by atoms with Gasteiger partial charge >= 0.3 is 0 Å². The summed E-state index contributed by atoms with van der Waals surface area (Å²) in [4.78, 5) is 28.4. The molecule has 1 heterocycles. The molecule has 1 aromatic carbocycles. The highest BCUT2D eigenvalue weighted by Crippen LogP contribution is 2.23. The molecule has 1 aromatic rings. The number of amides is 2. The van der Waals surface area contributed by atoms with Crippen molar-refractivity contribution in [3.05, 3.63) is 41.5 Å². The van der Waals surface area contributed by atoms with E-state index < -0.39 is 6.04 Å². The highest BCUT2D eigenvalue weighted by atomic mass is 32.2. The van der Waals surface area contributed by atoms with E-state index >= 15 is 0 Å². The zero-order valence-electron chi connectivity index (χ0n) is 13.9. The monoisotopic (exact) mass is 343 g/mol. The van der Waals surface area contributed by atoms with E-state index in [4.69, 9.17) is 5.26 Å². The second kappa shape index (κ2) is 8.55. The summed E-state index contributed by atoms with van der Waals surface area (Å²) in [5, 5.41) is 9.09. The summed E-state index contributed by atoms with van der Waals surface area (Å²) < 4.78 is 0. The van der Waals surface area contributed by atoms with Crippen LogP contribution in [0.2, 0.25) is 0 Å². The first kappa shape index (κ1) is 18.1. The van der Waals surface area contributed by atoms with Crippen LogP contribution in [0.4, 0.5) is 0 Å². The first-order valence-corrected chi connectivity index (χ1v) is 9.12. The molecule has 0 aromatic heterocycles. The molecule has 5 nitrogen and oxygen atoms in total. The van der Waals surface area contributed by atoms with Crippen LogP contribution >= 0.6 is 11.8 Å². The molecule has 0 spiro atoms. The average Bonchev–Trinajstić information content (AvgIpc) is 3.10. The second-order valence-corrected chi connectivity index (χ2v) is 6.37.